The van der Waals surface area contributed by atoms with E-state index in [0.717, 1.165) is 0 Å². The lowest BCUT2D eigenvalue weighted by Crippen LogP contribution is -2.40. The predicted octanol–water partition coefficient (Wildman–Crippen LogP) is 2.54. The molecule has 2 aromatic rings. The van der Waals surface area contributed by atoms with Crippen molar-refractivity contribution >= 4 is 17.5 Å². The Morgan fingerprint density at radius 1 is 1.09 bits per heavy atom. The van der Waals surface area contributed by atoms with Crippen LogP contribution in [0.1, 0.15) is 12.0 Å². The van der Waals surface area contributed by atoms with Gasteiger partial charge in [0, 0.05) is 49.9 Å². The van der Waals surface area contributed by atoms with Crippen LogP contribution in [-0.2, 0) is 16.1 Å². The molecule has 32 heavy (non-hydrogen) atoms. The lowest BCUT2D eigenvalue weighted by molar-refractivity contribution is -0.136. The van der Waals surface area contributed by atoms with E-state index >= 15 is 0 Å². The number of anilines is 1. The predicted molar refractivity (Wildman–Crippen MR) is 118 cm³/mol. The van der Waals surface area contributed by atoms with E-state index in [1.165, 1.54) is 6.07 Å². The first-order valence-electron chi connectivity index (χ1n) is 10.8. The topological polar surface area (TPSA) is 62.3 Å². The van der Waals surface area contributed by atoms with Crippen LogP contribution in [0.4, 0.5) is 10.1 Å². The number of fused-ring (bicyclic) bond motifs is 1. The third kappa shape index (κ3) is 4.85. The zero-order valence-electron chi connectivity index (χ0n) is 18.4. The van der Waals surface area contributed by atoms with Crippen LogP contribution in [0.25, 0.3) is 0 Å². The Labute approximate surface area is 187 Å². The van der Waals surface area contributed by atoms with Gasteiger partial charge in [0.1, 0.15) is 19.0 Å². The van der Waals surface area contributed by atoms with Crippen molar-refractivity contribution in [2.45, 2.75) is 13.0 Å². The van der Waals surface area contributed by atoms with E-state index in [4.69, 9.17) is 9.47 Å². The zero-order valence-corrected chi connectivity index (χ0v) is 18.4. The van der Waals surface area contributed by atoms with E-state index in [1.54, 1.807) is 46.2 Å². The molecule has 0 aliphatic carbocycles. The average molecular weight is 442 g/mol. The monoisotopic (exact) mass is 441 g/mol. The van der Waals surface area contributed by atoms with Gasteiger partial charge in [-0.2, -0.15) is 0 Å². The summed E-state index contributed by atoms with van der Waals surface area (Å²) in [7, 11) is 3.85. The molecular weight excluding hydrogens is 413 g/mol. The number of hydrogen-bond donors (Lipinski definition) is 0. The summed E-state index contributed by atoms with van der Waals surface area (Å²) in [6.45, 7) is 2.52. The minimum absolute atomic E-state index is 0.113. The van der Waals surface area contributed by atoms with Crippen molar-refractivity contribution in [3.63, 3.8) is 0 Å². The molecule has 1 unspecified atom stereocenters. The molecular formula is C24H28FN3O4. The van der Waals surface area contributed by atoms with Crippen molar-refractivity contribution in [3.05, 3.63) is 53.8 Å². The lowest BCUT2D eigenvalue weighted by Gasteiger charge is -2.27. The van der Waals surface area contributed by atoms with Crippen molar-refractivity contribution in [1.82, 2.24) is 9.80 Å². The fourth-order valence-electron chi connectivity index (χ4n) is 4.00. The van der Waals surface area contributed by atoms with Crippen LogP contribution in [-0.4, -0.2) is 68.6 Å². The van der Waals surface area contributed by atoms with Gasteiger partial charge in [0.2, 0.25) is 11.8 Å². The number of carbonyl (C=O) groups is 2. The number of halogens is 1. The molecule has 2 heterocycles. The molecule has 8 heteroatoms. The summed E-state index contributed by atoms with van der Waals surface area (Å²) in [4.78, 5) is 31.4. The van der Waals surface area contributed by atoms with E-state index in [2.05, 4.69) is 0 Å². The van der Waals surface area contributed by atoms with Crippen LogP contribution in [0.5, 0.6) is 11.5 Å². The molecule has 0 N–H and O–H groups in total. The van der Waals surface area contributed by atoms with Crippen LogP contribution in [0.3, 0.4) is 0 Å². The number of likely N-dealkylation sites (N-methyl/N-ethyl adjacent to an activating group) is 1. The normalized spacial score (nSPS) is 17.7. The molecule has 1 atom stereocenters. The van der Waals surface area contributed by atoms with Gasteiger partial charge >= 0.3 is 0 Å². The van der Waals surface area contributed by atoms with Crippen LogP contribution in [0, 0.1) is 11.7 Å². The van der Waals surface area contributed by atoms with Crippen molar-refractivity contribution in [3.8, 4) is 11.5 Å². The fraction of sp³-hybridized carbons (Fsp3) is 0.417. The maximum Gasteiger partial charge on any atom is 0.228 e. The highest BCUT2D eigenvalue weighted by Gasteiger charge is 2.37. The third-order valence-electron chi connectivity index (χ3n) is 5.76. The molecule has 2 amide bonds. The summed E-state index contributed by atoms with van der Waals surface area (Å²) in [6.07, 6.45) is 0.128. The number of nitrogens with zero attached hydrogens (tertiary/aromatic N) is 3. The van der Waals surface area contributed by atoms with Gasteiger partial charge in [0.05, 0.1) is 5.92 Å². The quantitative estimate of drug-likeness (QED) is 0.661. The molecule has 170 valence electrons. The van der Waals surface area contributed by atoms with Gasteiger partial charge in [-0.3, -0.25) is 9.59 Å². The summed E-state index contributed by atoms with van der Waals surface area (Å²) in [5, 5.41) is 0. The maximum absolute atomic E-state index is 14.2. The molecule has 2 aliphatic heterocycles. The van der Waals surface area contributed by atoms with Crippen LogP contribution in [0.15, 0.2) is 42.5 Å². The zero-order chi connectivity index (χ0) is 22.7. The smallest absolute Gasteiger partial charge is 0.228 e. The average Bonchev–Trinajstić information content (AvgIpc) is 3.18. The summed E-state index contributed by atoms with van der Waals surface area (Å²) in [5.41, 5.74) is 1.15. The number of benzene rings is 2. The maximum atomic E-state index is 14.2. The van der Waals surface area contributed by atoms with Gasteiger partial charge in [0.15, 0.2) is 11.5 Å². The molecule has 0 bridgehead atoms. The first kappa shape index (κ1) is 22.1. The number of ether oxygens (including phenoxy) is 2. The second-order valence-corrected chi connectivity index (χ2v) is 8.39. The minimum Gasteiger partial charge on any atom is -0.486 e. The summed E-state index contributed by atoms with van der Waals surface area (Å²) in [5.74, 6) is 0.185. The standard InChI is InChI=1S/C24H28FN3O4/c1-26(2)9-10-27(15-17-5-3-4-6-20(17)25)24(30)18-13-23(29)28(16-18)19-7-8-21-22(14-19)32-12-11-31-21/h3-8,14,18H,9-13,15-16H2,1-2H3. The van der Waals surface area contributed by atoms with E-state index in [9.17, 15) is 14.0 Å². The number of hydrogen-bond acceptors (Lipinski definition) is 5. The molecule has 4 rings (SSSR count). The van der Waals surface area contributed by atoms with Gasteiger partial charge in [-0.05, 0) is 32.3 Å². The van der Waals surface area contributed by atoms with E-state index in [-0.39, 0.29) is 37.1 Å². The van der Waals surface area contributed by atoms with Crippen LogP contribution >= 0.6 is 0 Å². The highest BCUT2D eigenvalue weighted by molar-refractivity contribution is 6.00. The van der Waals surface area contributed by atoms with Crippen LogP contribution in [0.2, 0.25) is 0 Å². The van der Waals surface area contributed by atoms with Gasteiger partial charge in [0.25, 0.3) is 0 Å². The lowest BCUT2D eigenvalue weighted by atomic mass is 10.1. The van der Waals surface area contributed by atoms with E-state index in [0.29, 0.717) is 49.1 Å². The van der Waals surface area contributed by atoms with Gasteiger partial charge < -0.3 is 24.2 Å². The van der Waals surface area contributed by atoms with Crippen molar-refractivity contribution in [2.75, 3.05) is 51.8 Å². The Morgan fingerprint density at radius 2 is 1.84 bits per heavy atom. The first-order valence-corrected chi connectivity index (χ1v) is 10.8. The molecule has 1 fully saturated rings. The Morgan fingerprint density at radius 3 is 2.59 bits per heavy atom. The highest BCUT2D eigenvalue weighted by atomic mass is 19.1. The number of carbonyl (C=O) groups excluding carboxylic acids is 2. The third-order valence-corrected chi connectivity index (χ3v) is 5.76. The van der Waals surface area contributed by atoms with Gasteiger partial charge in [-0.15, -0.1) is 0 Å². The van der Waals surface area contributed by atoms with Crippen molar-refractivity contribution in [1.29, 1.82) is 0 Å². The molecule has 0 spiro atoms. The second-order valence-electron chi connectivity index (χ2n) is 8.39. The Kier molecular flexibility index (Phi) is 6.60. The minimum atomic E-state index is -0.482. The number of amides is 2. The molecule has 0 radical (unpaired) electrons. The fourth-order valence-corrected chi connectivity index (χ4v) is 4.00. The van der Waals surface area contributed by atoms with E-state index in [1.807, 2.05) is 19.0 Å². The Bertz CT molecular complexity index is 997. The molecule has 7 nitrogen and oxygen atoms in total. The van der Waals surface area contributed by atoms with Crippen molar-refractivity contribution in [2.24, 2.45) is 5.92 Å². The van der Waals surface area contributed by atoms with Gasteiger partial charge in [-0.1, -0.05) is 18.2 Å². The largest absolute Gasteiger partial charge is 0.486 e. The summed E-state index contributed by atoms with van der Waals surface area (Å²) >= 11 is 0. The molecule has 0 saturated carbocycles. The molecule has 2 aliphatic rings. The first-order chi connectivity index (χ1) is 15.4. The Balaban J connectivity index is 1.50. The second kappa shape index (κ2) is 9.56. The number of rotatable bonds is 7. The SMILES string of the molecule is CN(C)CCN(Cc1ccccc1F)C(=O)C1CC(=O)N(c2ccc3c(c2)OCCO3)C1. The summed E-state index contributed by atoms with van der Waals surface area (Å²) < 4.78 is 25.4. The molecule has 1 saturated heterocycles. The summed E-state index contributed by atoms with van der Waals surface area (Å²) in [6, 6.07) is 11.8. The Hall–Kier alpha value is -3.13. The van der Waals surface area contributed by atoms with Gasteiger partial charge in [-0.25, -0.2) is 4.39 Å². The molecule has 2 aromatic carbocycles. The highest BCUT2D eigenvalue weighted by Crippen LogP contribution is 2.36. The van der Waals surface area contributed by atoms with Crippen LogP contribution < -0.4 is 14.4 Å². The van der Waals surface area contributed by atoms with E-state index < -0.39 is 5.92 Å². The molecule has 0 aromatic heterocycles. The van der Waals surface area contributed by atoms with Crippen molar-refractivity contribution < 1.29 is 23.5 Å².